The number of hydrogen-bond donors (Lipinski definition) is 0. The second-order valence-corrected chi connectivity index (χ2v) is 13.5. The molecular weight excluding hydrogens is 532 g/mol. The molecule has 4 nitrogen and oxygen atoms in total. The molecule has 0 fully saturated rings. The fourth-order valence-corrected chi connectivity index (χ4v) is 6.37. The SMILES string of the molecule is CCCCCC(CCCCC)CCCCCCCC(=O)OCOC(=O)CCCCCCCC(CCCCC)CCCCC. The van der Waals surface area contributed by atoms with Gasteiger partial charge in [0, 0.05) is 12.8 Å². The number of unbranched alkanes of at least 4 members (excludes halogenated alkanes) is 16. The summed E-state index contributed by atoms with van der Waals surface area (Å²) in [5.74, 6) is 1.34. The van der Waals surface area contributed by atoms with Crippen LogP contribution >= 0.6 is 0 Å². The molecule has 0 saturated carbocycles. The van der Waals surface area contributed by atoms with Gasteiger partial charge in [-0.25, -0.2) is 0 Å². The first kappa shape index (κ1) is 41.9. The average molecular weight is 609 g/mol. The molecule has 0 aromatic rings. The van der Waals surface area contributed by atoms with Crippen molar-refractivity contribution < 1.29 is 19.1 Å². The van der Waals surface area contributed by atoms with E-state index < -0.39 is 0 Å². The van der Waals surface area contributed by atoms with E-state index in [1.54, 1.807) is 0 Å². The van der Waals surface area contributed by atoms with E-state index in [1.165, 1.54) is 154 Å². The number of rotatable bonds is 34. The molecular formula is C39H76O4. The normalized spacial score (nSPS) is 11.5. The molecule has 0 aliphatic rings. The van der Waals surface area contributed by atoms with Crippen LogP contribution in [0.4, 0.5) is 0 Å². The summed E-state index contributed by atoms with van der Waals surface area (Å²) < 4.78 is 10.3. The maximum absolute atomic E-state index is 12.0. The van der Waals surface area contributed by atoms with Crippen LogP contribution in [0.5, 0.6) is 0 Å². The van der Waals surface area contributed by atoms with Gasteiger partial charge in [0.25, 0.3) is 0 Å². The lowest BCUT2D eigenvalue weighted by Crippen LogP contribution is -2.12. The van der Waals surface area contributed by atoms with Gasteiger partial charge in [-0.3, -0.25) is 9.59 Å². The van der Waals surface area contributed by atoms with E-state index in [1.807, 2.05) is 0 Å². The zero-order chi connectivity index (χ0) is 31.6. The minimum atomic E-state index is -0.248. The van der Waals surface area contributed by atoms with Gasteiger partial charge >= 0.3 is 11.9 Å². The van der Waals surface area contributed by atoms with E-state index in [0.717, 1.165) is 37.5 Å². The highest BCUT2D eigenvalue weighted by molar-refractivity contribution is 5.70. The monoisotopic (exact) mass is 609 g/mol. The Morgan fingerprint density at radius 3 is 0.930 bits per heavy atom. The lowest BCUT2D eigenvalue weighted by molar-refractivity contribution is -0.167. The molecule has 0 aliphatic carbocycles. The van der Waals surface area contributed by atoms with Gasteiger partial charge in [0.15, 0.2) is 0 Å². The summed E-state index contributed by atoms with van der Waals surface area (Å²) in [5.41, 5.74) is 0. The minimum absolute atomic E-state index is 0.230. The van der Waals surface area contributed by atoms with Crippen molar-refractivity contribution in [2.75, 3.05) is 6.79 Å². The van der Waals surface area contributed by atoms with Crippen LogP contribution in [-0.2, 0) is 19.1 Å². The predicted octanol–water partition coefficient (Wildman–Crippen LogP) is 13.0. The van der Waals surface area contributed by atoms with Gasteiger partial charge in [-0.1, -0.05) is 195 Å². The minimum Gasteiger partial charge on any atom is -0.428 e. The van der Waals surface area contributed by atoms with Crippen LogP contribution in [0, 0.1) is 11.8 Å². The third kappa shape index (κ3) is 30.7. The fourth-order valence-electron chi connectivity index (χ4n) is 6.37. The first-order valence-electron chi connectivity index (χ1n) is 19.4. The van der Waals surface area contributed by atoms with Crippen LogP contribution in [0.1, 0.15) is 220 Å². The zero-order valence-corrected chi connectivity index (χ0v) is 29.7. The molecule has 0 N–H and O–H groups in total. The van der Waals surface area contributed by atoms with Crippen molar-refractivity contribution in [1.82, 2.24) is 0 Å². The lowest BCUT2D eigenvalue weighted by atomic mass is 9.90. The van der Waals surface area contributed by atoms with Crippen LogP contribution in [0.25, 0.3) is 0 Å². The van der Waals surface area contributed by atoms with Gasteiger partial charge in [0.2, 0.25) is 6.79 Å². The van der Waals surface area contributed by atoms with Crippen molar-refractivity contribution in [2.24, 2.45) is 11.8 Å². The van der Waals surface area contributed by atoms with Crippen molar-refractivity contribution in [3.05, 3.63) is 0 Å². The van der Waals surface area contributed by atoms with Gasteiger partial charge in [-0.2, -0.15) is 0 Å². The molecule has 0 radical (unpaired) electrons. The van der Waals surface area contributed by atoms with E-state index in [0.29, 0.717) is 12.8 Å². The van der Waals surface area contributed by atoms with Crippen LogP contribution in [0.3, 0.4) is 0 Å². The van der Waals surface area contributed by atoms with Crippen molar-refractivity contribution in [3.63, 3.8) is 0 Å². The van der Waals surface area contributed by atoms with Gasteiger partial charge in [-0.05, 0) is 24.7 Å². The van der Waals surface area contributed by atoms with Crippen molar-refractivity contribution in [3.8, 4) is 0 Å². The highest BCUT2D eigenvalue weighted by Gasteiger charge is 2.10. The van der Waals surface area contributed by atoms with Crippen LogP contribution in [0.2, 0.25) is 0 Å². The van der Waals surface area contributed by atoms with Crippen LogP contribution in [0.15, 0.2) is 0 Å². The summed E-state index contributed by atoms with van der Waals surface area (Å²) in [6.45, 7) is 8.93. The molecule has 0 aromatic heterocycles. The number of ether oxygens (including phenoxy) is 2. The molecule has 0 saturated heterocycles. The number of hydrogen-bond acceptors (Lipinski definition) is 4. The summed E-state index contributed by atoms with van der Waals surface area (Å²) in [7, 11) is 0. The Bertz CT molecular complexity index is 520. The fraction of sp³-hybridized carbons (Fsp3) is 0.949. The Morgan fingerprint density at radius 2 is 0.628 bits per heavy atom. The maximum Gasteiger partial charge on any atom is 0.308 e. The second-order valence-electron chi connectivity index (χ2n) is 13.5. The molecule has 256 valence electrons. The molecule has 0 aromatic carbocycles. The number of carbonyl (C=O) groups is 2. The maximum atomic E-state index is 12.0. The molecule has 0 rings (SSSR count). The Morgan fingerprint density at radius 1 is 0.372 bits per heavy atom. The first-order valence-corrected chi connectivity index (χ1v) is 19.4. The van der Waals surface area contributed by atoms with E-state index in [-0.39, 0.29) is 18.7 Å². The predicted molar refractivity (Wildman–Crippen MR) is 185 cm³/mol. The summed E-state index contributed by atoms with van der Waals surface area (Å²) in [4.78, 5) is 24.0. The van der Waals surface area contributed by atoms with Crippen LogP contribution < -0.4 is 0 Å². The van der Waals surface area contributed by atoms with E-state index in [9.17, 15) is 9.59 Å². The van der Waals surface area contributed by atoms with Crippen LogP contribution in [-0.4, -0.2) is 18.7 Å². The molecule has 0 heterocycles. The van der Waals surface area contributed by atoms with Crippen molar-refractivity contribution >= 4 is 11.9 Å². The van der Waals surface area contributed by atoms with Gasteiger partial charge in [-0.15, -0.1) is 0 Å². The summed E-state index contributed by atoms with van der Waals surface area (Å²) in [6.07, 6.45) is 37.0. The van der Waals surface area contributed by atoms with Gasteiger partial charge in [0.05, 0.1) is 0 Å². The third-order valence-electron chi connectivity index (χ3n) is 9.29. The Kier molecular flexibility index (Phi) is 33.0. The molecule has 0 aliphatic heterocycles. The Balaban J connectivity index is 3.72. The lowest BCUT2D eigenvalue weighted by Gasteiger charge is -2.16. The van der Waals surface area contributed by atoms with Crippen molar-refractivity contribution in [1.29, 1.82) is 0 Å². The summed E-state index contributed by atoms with van der Waals surface area (Å²) in [6, 6.07) is 0. The van der Waals surface area contributed by atoms with Crippen molar-refractivity contribution in [2.45, 2.75) is 220 Å². The smallest absolute Gasteiger partial charge is 0.308 e. The molecule has 0 unspecified atom stereocenters. The highest BCUT2D eigenvalue weighted by Crippen LogP contribution is 2.25. The molecule has 0 bridgehead atoms. The molecule has 0 atom stereocenters. The Hall–Kier alpha value is -1.06. The highest BCUT2D eigenvalue weighted by atomic mass is 16.7. The largest absolute Gasteiger partial charge is 0.428 e. The standard InChI is InChI=1S/C39H76O4/c1-5-9-19-27-36(28-20-10-6-2)31-23-15-13-17-25-33-38(40)42-35-43-39(41)34-26-18-14-16-24-32-37(29-21-11-7-3)30-22-12-8-4/h36-37H,5-35H2,1-4H3. The molecule has 0 amide bonds. The third-order valence-corrected chi connectivity index (χ3v) is 9.29. The summed E-state index contributed by atoms with van der Waals surface area (Å²) in [5, 5.41) is 0. The zero-order valence-electron chi connectivity index (χ0n) is 29.7. The first-order chi connectivity index (χ1) is 21.1. The van der Waals surface area contributed by atoms with E-state index in [4.69, 9.17) is 9.47 Å². The average Bonchev–Trinajstić information content (AvgIpc) is 2.99. The molecule has 0 spiro atoms. The quantitative estimate of drug-likeness (QED) is 0.0414. The molecule has 4 heteroatoms. The topological polar surface area (TPSA) is 52.6 Å². The van der Waals surface area contributed by atoms with E-state index in [2.05, 4.69) is 27.7 Å². The Labute approximate surface area is 269 Å². The number of carbonyl (C=O) groups excluding carboxylic acids is 2. The second kappa shape index (κ2) is 33.8. The summed E-state index contributed by atoms with van der Waals surface area (Å²) >= 11 is 0. The molecule has 43 heavy (non-hydrogen) atoms. The van der Waals surface area contributed by atoms with Gasteiger partial charge < -0.3 is 9.47 Å². The van der Waals surface area contributed by atoms with E-state index >= 15 is 0 Å². The van der Waals surface area contributed by atoms with Gasteiger partial charge in [0.1, 0.15) is 0 Å². The number of esters is 2.